The van der Waals surface area contributed by atoms with Gasteiger partial charge in [-0.2, -0.15) is 0 Å². The predicted molar refractivity (Wildman–Crippen MR) is 145 cm³/mol. The number of hydrogen-bond acceptors (Lipinski definition) is 2. The van der Waals surface area contributed by atoms with Gasteiger partial charge in [-0.1, -0.05) is 132 Å². The molecule has 2 aromatic rings. The van der Waals surface area contributed by atoms with E-state index in [1.54, 1.807) is 18.2 Å². The fourth-order valence-electron chi connectivity index (χ4n) is 4.16. The molecule has 0 unspecified atom stereocenters. The lowest BCUT2D eigenvalue weighted by Crippen LogP contribution is -2.06. The van der Waals surface area contributed by atoms with Gasteiger partial charge >= 0.3 is 0 Å². The summed E-state index contributed by atoms with van der Waals surface area (Å²) < 4.78 is 0. The fraction of sp³-hybridized carbons (Fsp3) is 0.552. The van der Waals surface area contributed by atoms with Gasteiger partial charge in [-0.05, 0) is 30.7 Å². The molecule has 0 spiro atoms. The van der Waals surface area contributed by atoms with Crippen molar-refractivity contribution in [2.75, 3.05) is 6.54 Å². The van der Waals surface area contributed by atoms with Crippen LogP contribution in [0.15, 0.2) is 47.5 Å². The van der Waals surface area contributed by atoms with Crippen LogP contribution in [0.1, 0.15) is 108 Å². The molecule has 0 aromatic heterocycles. The molecule has 0 radical (unpaired) electrons. The zero-order valence-corrected chi connectivity index (χ0v) is 21.8. The molecule has 2 nitrogen and oxygen atoms in total. The summed E-state index contributed by atoms with van der Waals surface area (Å²) in [5.74, 6) is 0.166. The zero-order valence-electron chi connectivity index (χ0n) is 20.3. The van der Waals surface area contributed by atoms with Crippen LogP contribution in [0.4, 0.5) is 0 Å². The van der Waals surface area contributed by atoms with Crippen LogP contribution in [0.25, 0.3) is 0 Å². The van der Waals surface area contributed by atoms with Crippen LogP contribution < -0.4 is 0 Å². The van der Waals surface area contributed by atoms with E-state index in [1.165, 1.54) is 83.5 Å². The molecule has 0 heterocycles. The lowest BCUT2D eigenvalue weighted by molar-refractivity contribution is 0.474. The van der Waals surface area contributed by atoms with Gasteiger partial charge in [-0.15, -0.1) is 0 Å². The van der Waals surface area contributed by atoms with Crippen LogP contribution >= 0.6 is 23.2 Å². The number of phenols is 1. The van der Waals surface area contributed by atoms with Gasteiger partial charge in [-0.25, -0.2) is 0 Å². The summed E-state index contributed by atoms with van der Waals surface area (Å²) in [6.07, 6.45) is 18.7. The zero-order chi connectivity index (χ0) is 23.7. The second kappa shape index (κ2) is 17.0. The molecule has 4 heteroatoms. The standard InChI is InChI=1S/C29H41Cl2NO/c1-2-3-4-5-6-7-8-9-10-11-12-13-14-17-22-32-29(25-18-15-16-19-27(25)31)26-23-24(30)20-21-28(26)33/h15-16,18-21,23,33H,2-14,17,22H2,1H3. The van der Waals surface area contributed by atoms with Crippen molar-refractivity contribution >= 4 is 28.9 Å². The lowest BCUT2D eigenvalue weighted by Gasteiger charge is -2.12. The fourth-order valence-corrected chi connectivity index (χ4v) is 4.56. The Labute approximate surface area is 211 Å². The molecule has 0 aliphatic heterocycles. The molecular weight excluding hydrogens is 449 g/mol. The molecule has 0 amide bonds. The number of phenolic OH excluding ortho intramolecular Hbond substituents is 1. The van der Waals surface area contributed by atoms with E-state index in [2.05, 4.69) is 6.92 Å². The Morgan fingerprint density at radius 1 is 0.697 bits per heavy atom. The van der Waals surface area contributed by atoms with Gasteiger partial charge in [0.15, 0.2) is 0 Å². The van der Waals surface area contributed by atoms with Crippen LogP contribution in [0.2, 0.25) is 10.0 Å². The number of unbranched alkanes of at least 4 members (excludes halogenated alkanes) is 13. The molecule has 0 aliphatic carbocycles. The molecule has 0 saturated heterocycles. The Morgan fingerprint density at radius 3 is 1.82 bits per heavy atom. The van der Waals surface area contributed by atoms with E-state index in [4.69, 9.17) is 28.2 Å². The summed E-state index contributed by atoms with van der Waals surface area (Å²) in [6.45, 7) is 2.99. The summed E-state index contributed by atoms with van der Waals surface area (Å²) in [7, 11) is 0. The third kappa shape index (κ3) is 11.0. The van der Waals surface area contributed by atoms with Crippen LogP contribution in [0, 0.1) is 0 Å². The molecule has 0 bridgehead atoms. The highest BCUT2D eigenvalue weighted by Gasteiger charge is 2.14. The third-order valence-corrected chi connectivity index (χ3v) is 6.69. The first-order chi connectivity index (χ1) is 16.1. The smallest absolute Gasteiger partial charge is 0.125 e. The maximum atomic E-state index is 10.4. The Balaban J connectivity index is 1.70. The number of nitrogens with zero attached hydrogens (tertiary/aromatic N) is 1. The number of aliphatic imine (C=N–C) groups is 1. The molecule has 33 heavy (non-hydrogen) atoms. The van der Waals surface area contributed by atoms with Crippen molar-refractivity contribution in [2.24, 2.45) is 4.99 Å². The molecule has 0 atom stereocenters. The Kier molecular flexibility index (Phi) is 14.3. The molecule has 0 saturated carbocycles. The number of benzene rings is 2. The van der Waals surface area contributed by atoms with E-state index in [1.807, 2.05) is 24.3 Å². The first-order valence-electron chi connectivity index (χ1n) is 12.9. The quantitative estimate of drug-likeness (QED) is 0.174. The van der Waals surface area contributed by atoms with Gasteiger partial charge in [0.2, 0.25) is 0 Å². The first kappa shape index (κ1) is 27.7. The molecule has 2 aromatic carbocycles. The van der Waals surface area contributed by atoms with Crippen LogP contribution in [0.5, 0.6) is 5.75 Å². The van der Waals surface area contributed by atoms with E-state index in [0.29, 0.717) is 27.9 Å². The van der Waals surface area contributed by atoms with Crippen molar-refractivity contribution < 1.29 is 5.11 Å². The maximum absolute atomic E-state index is 10.4. The van der Waals surface area contributed by atoms with Crippen LogP contribution in [-0.2, 0) is 0 Å². The van der Waals surface area contributed by atoms with Crippen LogP contribution in [-0.4, -0.2) is 17.4 Å². The molecular formula is C29H41Cl2NO. The van der Waals surface area contributed by atoms with E-state index in [0.717, 1.165) is 12.0 Å². The topological polar surface area (TPSA) is 32.6 Å². The number of rotatable bonds is 17. The first-order valence-corrected chi connectivity index (χ1v) is 13.7. The third-order valence-electron chi connectivity index (χ3n) is 6.12. The van der Waals surface area contributed by atoms with E-state index >= 15 is 0 Å². The Bertz CT molecular complexity index is 834. The summed E-state index contributed by atoms with van der Waals surface area (Å²) >= 11 is 12.6. The minimum atomic E-state index is 0.166. The van der Waals surface area contributed by atoms with Crippen molar-refractivity contribution in [3.8, 4) is 5.75 Å². The molecule has 0 fully saturated rings. The van der Waals surface area contributed by atoms with E-state index < -0.39 is 0 Å². The van der Waals surface area contributed by atoms with Gasteiger partial charge in [0.1, 0.15) is 5.75 Å². The minimum absolute atomic E-state index is 0.166. The Hall–Kier alpha value is -1.51. The summed E-state index contributed by atoms with van der Waals surface area (Å²) in [4.78, 5) is 4.83. The lowest BCUT2D eigenvalue weighted by atomic mass is 10.0. The highest BCUT2D eigenvalue weighted by Crippen LogP contribution is 2.28. The number of aromatic hydroxyl groups is 1. The summed E-state index contributed by atoms with van der Waals surface area (Å²) in [5.41, 5.74) is 2.15. The SMILES string of the molecule is CCCCCCCCCCCCCCCCN=C(c1cc(Cl)ccc1O)c1ccccc1Cl. The molecule has 182 valence electrons. The molecule has 2 rings (SSSR count). The van der Waals surface area contributed by atoms with E-state index in [9.17, 15) is 5.11 Å². The average Bonchev–Trinajstić information content (AvgIpc) is 2.81. The van der Waals surface area contributed by atoms with Gasteiger partial charge in [-0.3, -0.25) is 4.99 Å². The highest BCUT2D eigenvalue weighted by molar-refractivity contribution is 6.36. The normalized spacial score (nSPS) is 11.8. The predicted octanol–water partition coefficient (Wildman–Crippen LogP) is 10.0. The van der Waals surface area contributed by atoms with Crippen molar-refractivity contribution in [1.29, 1.82) is 0 Å². The maximum Gasteiger partial charge on any atom is 0.125 e. The molecule has 1 N–H and O–H groups in total. The van der Waals surface area contributed by atoms with E-state index in [-0.39, 0.29) is 5.75 Å². The van der Waals surface area contributed by atoms with Crippen LogP contribution in [0.3, 0.4) is 0 Å². The molecule has 0 aliphatic rings. The minimum Gasteiger partial charge on any atom is -0.507 e. The van der Waals surface area contributed by atoms with Gasteiger partial charge in [0, 0.05) is 27.7 Å². The van der Waals surface area contributed by atoms with Gasteiger partial charge in [0.25, 0.3) is 0 Å². The average molecular weight is 491 g/mol. The summed E-state index contributed by atoms with van der Waals surface area (Å²) in [6, 6.07) is 12.7. The number of halogens is 2. The van der Waals surface area contributed by atoms with Crippen molar-refractivity contribution in [3.05, 3.63) is 63.6 Å². The van der Waals surface area contributed by atoms with Gasteiger partial charge in [0.05, 0.1) is 5.71 Å². The van der Waals surface area contributed by atoms with Gasteiger partial charge < -0.3 is 5.11 Å². The largest absolute Gasteiger partial charge is 0.507 e. The monoisotopic (exact) mass is 489 g/mol. The van der Waals surface area contributed by atoms with Crippen molar-refractivity contribution in [1.82, 2.24) is 0 Å². The summed E-state index contributed by atoms with van der Waals surface area (Å²) in [5, 5.41) is 11.6. The highest BCUT2D eigenvalue weighted by atomic mass is 35.5. The Morgan fingerprint density at radius 2 is 1.24 bits per heavy atom. The second-order valence-electron chi connectivity index (χ2n) is 8.97. The van der Waals surface area contributed by atoms with Crippen molar-refractivity contribution in [3.63, 3.8) is 0 Å². The number of hydrogen-bond donors (Lipinski definition) is 1. The van der Waals surface area contributed by atoms with Crippen molar-refractivity contribution in [2.45, 2.75) is 96.8 Å². The second-order valence-corrected chi connectivity index (χ2v) is 9.81.